The second-order valence-corrected chi connectivity index (χ2v) is 4.31. The highest BCUT2D eigenvalue weighted by Crippen LogP contribution is 2.22. The molecule has 0 unspecified atom stereocenters. The lowest BCUT2D eigenvalue weighted by Crippen LogP contribution is -2.13. The molecule has 0 aliphatic carbocycles. The molecule has 0 aliphatic heterocycles. The van der Waals surface area contributed by atoms with Gasteiger partial charge in [0.2, 0.25) is 0 Å². The summed E-state index contributed by atoms with van der Waals surface area (Å²) in [5, 5.41) is 2.47. The number of rotatable bonds is 4. The highest BCUT2D eigenvalue weighted by Gasteiger charge is 2.10. The number of hydrogen-bond donors (Lipinski definition) is 2. The highest BCUT2D eigenvalue weighted by atomic mass is 19.1. The second kappa shape index (κ2) is 6.21. The molecule has 0 aromatic heterocycles. The van der Waals surface area contributed by atoms with E-state index in [0.717, 1.165) is 18.2 Å². The molecule has 3 N–H and O–H groups in total. The predicted octanol–water partition coefficient (Wildman–Crippen LogP) is 3.20. The lowest BCUT2D eigenvalue weighted by Gasteiger charge is -2.09. The standard InChI is InChI=1S/C15H14F2N2O2/c1-2-21-14-4-3-12(8-13(14)17)19-15(20)9-5-10(16)7-11(18)6-9/h3-8H,2,18H2,1H3,(H,19,20). The third kappa shape index (κ3) is 3.68. The average molecular weight is 292 g/mol. The monoisotopic (exact) mass is 292 g/mol. The molecule has 0 spiro atoms. The lowest BCUT2D eigenvalue weighted by atomic mass is 10.1. The molecule has 110 valence electrons. The maximum absolute atomic E-state index is 13.7. The van der Waals surface area contributed by atoms with Crippen LogP contribution in [0.4, 0.5) is 20.2 Å². The number of halogens is 2. The Hall–Kier alpha value is -2.63. The third-order valence-corrected chi connectivity index (χ3v) is 2.67. The zero-order valence-corrected chi connectivity index (χ0v) is 11.3. The quantitative estimate of drug-likeness (QED) is 0.851. The summed E-state index contributed by atoms with van der Waals surface area (Å²) in [5.74, 6) is -1.68. The predicted molar refractivity (Wildman–Crippen MR) is 76.3 cm³/mol. The number of nitrogens with one attached hydrogen (secondary N) is 1. The van der Waals surface area contributed by atoms with Gasteiger partial charge in [-0.1, -0.05) is 0 Å². The van der Waals surface area contributed by atoms with Crippen LogP contribution in [0.15, 0.2) is 36.4 Å². The van der Waals surface area contributed by atoms with E-state index in [1.165, 1.54) is 18.2 Å². The Morgan fingerprint density at radius 2 is 2.00 bits per heavy atom. The molecule has 2 rings (SSSR count). The number of amides is 1. The van der Waals surface area contributed by atoms with E-state index in [0.29, 0.717) is 6.61 Å². The van der Waals surface area contributed by atoms with Gasteiger partial charge in [0.25, 0.3) is 5.91 Å². The van der Waals surface area contributed by atoms with Crippen LogP contribution >= 0.6 is 0 Å². The van der Waals surface area contributed by atoms with E-state index >= 15 is 0 Å². The van der Waals surface area contributed by atoms with Crippen molar-refractivity contribution in [3.05, 3.63) is 53.6 Å². The number of ether oxygens (including phenoxy) is 1. The Morgan fingerprint density at radius 1 is 1.24 bits per heavy atom. The van der Waals surface area contributed by atoms with Crippen LogP contribution in [-0.4, -0.2) is 12.5 Å². The van der Waals surface area contributed by atoms with Crippen LogP contribution in [0.5, 0.6) is 5.75 Å². The van der Waals surface area contributed by atoms with Gasteiger partial charge in [-0.2, -0.15) is 0 Å². The van der Waals surface area contributed by atoms with Crippen LogP contribution in [0.3, 0.4) is 0 Å². The first-order valence-corrected chi connectivity index (χ1v) is 6.29. The lowest BCUT2D eigenvalue weighted by molar-refractivity contribution is 0.102. The third-order valence-electron chi connectivity index (χ3n) is 2.67. The number of anilines is 2. The van der Waals surface area contributed by atoms with Gasteiger partial charge in [-0.25, -0.2) is 8.78 Å². The van der Waals surface area contributed by atoms with Gasteiger partial charge < -0.3 is 15.8 Å². The molecule has 0 radical (unpaired) electrons. The van der Waals surface area contributed by atoms with Gasteiger partial charge in [-0.05, 0) is 37.3 Å². The Labute approximate surface area is 120 Å². The summed E-state index contributed by atoms with van der Waals surface area (Å²) in [6.07, 6.45) is 0. The molecule has 6 heteroatoms. The number of nitrogen functional groups attached to an aromatic ring is 1. The maximum atomic E-state index is 13.7. The zero-order chi connectivity index (χ0) is 15.4. The second-order valence-electron chi connectivity index (χ2n) is 4.31. The van der Waals surface area contributed by atoms with E-state index < -0.39 is 17.5 Å². The van der Waals surface area contributed by atoms with E-state index in [2.05, 4.69) is 5.32 Å². The summed E-state index contributed by atoms with van der Waals surface area (Å²) < 4.78 is 31.9. The number of nitrogens with two attached hydrogens (primary N) is 1. The molecule has 0 fully saturated rings. The van der Waals surface area contributed by atoms with Crippen LogP contribution in [0, 0.1) is 11.6 Å². The molecule has 21 heavy (non-hydrogen) atoms. The molecular formula is C15H14F2N2O2. The molecule has 0 atom stereocenters. The van der Waals surface area contributed by atoms with Crippen LogP contribution in [-0.2, 0) is 0 Å². The van der Waals surface area contributed by atoms with Crippen molar-refractivity contribution in [2.75, 3.05) is 17.7 Å². The molecule has 1 amide bonds. The first kappa shape index (κ1) is 14.8. The van der Waals surface area contributed by atoms with Crippen molar-refractivity contribution in [2.24, 2.45) is 0 Å². The van der Waals surface area contributed by atoms with Crippen LogP contribution in [0.1, 0.15) is 17.3 Å². The minimum atomic E-state index is -0.613. The summed E-state index contributed by atoms with van der Waals surface area (Å²) in [5.41, 5.74) is 5.91. The smallest absolute Gasteiger partial charge is 0.255 e. The number of carbonyl (C=O) groups is 1. The van der Waals surface area contributed by atoms with Crippen LogP contribution < -0.4 is 15.8 Å². The van der Waals surface area contributed by atoms with Crippen molar-refractivity contribution in [3.8, 4) is 5.75 Å². The zero-order valence-electron chi connectivity index (χ0n) is 11.3. The summed E-state index contributed by atoms with van der Waals surface area (Å²) in [4.78, 5) is 12.0. The Bertz CT molecular complexity index is 654. The van der Waals surface area contributed by atoms with Gasteiger partial charge in [-0.3, -0.25) is 4.79 Å². The summed E-state index contributed by atoms with van der Waals surface area (Å²) in [7, 11) is 0. The SMILES string of the molecule is CCOc1ccc(NC(=O)c2cc(N)cc(F)c2)cc1F. The fraction of sp³-hybridized carbons (Fsp3) is 0.133. The van der Waals surface area contributed by atoms with Gasteiger partial charge in [0, 0.05) is 23.0 Å². The highest BCUT2D eigenvalue weighted by molar-refractivity contribution is 6.04. The molecular weight excluding hydrogens is 278 g/mol. The van der Waals surface area contributed by atoms with Crippen LogP contribution in [0.2, 0.25) is 0 Å². The van der Waals surface area contributed by atoms with Crippen molar-refractivity contribution in [3.63, 3.8) is 0 Å². The van der Waals surface area contributed by atoms with Crippen molar-refractivity contribution < 1.29 is 18.3 Å². The summed E-state index contributed by atoms with van der Waals surface area (Å²) in [6.45, 7) is 2.08. The van der Waals surface area contributed by atoms with Gasteiger partial charge >= 0.3 is 0 Å². The molecule has 2 aromatic rings. The fourth-order valence-corrected chi connectivity index (χ4v) is 1.80. The molecule has 0 saturated heterocycles. The van der Waals surface area contributed by atoms with Gasteiger partial charge in [0.1, 0.15) is 5.82 Å². The van der Waals surface area contributed by atoms with Gasteiger partial charge in [0.05, 0.1) is 6.61 Å². The largest absolute Gasteiger partial charge is 0.491 e. The van der Waals surface area contributed by atoms with Crippen molar-refractivity contribution in [1.29, 1.82) is 0 Å². The van der Waals surface area contributed by atoms with Crippen molar-refractivity contribution in [2.45, 2.75) is 6.92 Å². The first-order chi connectivity index (χ1) is 9.99. The molecule has 0 bridgehead atoms. The summed E-state index contributed by atoms with van der Waals surface area (Å²) in [6, 6.07) is 7.53. The molecule has 0 saturated carbocycles. The van der Waals surface area contributed by atoms with Crippen molar-refractivity contribution >= 4 is 17.3 Å². The molecule has 2 aromatic carbocycles. The summed E-state index contributed by atoms with van der Waals surface area (Å²) >= 11 is 0. The molecule has 4 nitrogen and oxygen atoms in total. The Balaban J connectivity index is 2.17. The van der Waals surface area contributed by atoms with Crippen LogP contribution in [0.25, 0.3) is 0 Å². The fourth-order valence-electron chi connectivity index (χ4n) is 1.80. The molecule has 0 heterocycles. The van der Waals surface area contributed by atoms with E-state index in [1.807, 2.05) is 0 Å². The maximum Gasteiger partial charge on any atom is 0.255 e. The molecule has 0 aliphatic rings. The average Bonchev–Trinajstić information content (AvgIpc) is 2.41. The van der Waals surface area contributed by atoms with E-state index in [1.54, 1.807) is 6.92 Å². The van der Waals surface area contributed by atoms with E-state index in [-0.39, 0.29) is 22.7 Å². The topological polar surface area (TPSA) is 64.3 Å². The van der Waals surface area contributed by atoms with Gasteiger partial charge in [0.15, 0.2) is 11.6 Å². The minimum Gasteiger partial charge on any atom is -0.491 e. The van der Waals surface area contributed by atoms with E-state index in [9.17, 15) is 13.6 Å². The van der Waals surface area contributed by atoms with Crippen molar-refractivity contribution in [1.82, 2.24) is 0 Å². The normalized spacial score (nSPS) is 10.2. The Kier molecular flexibility index (Phi) is 4.37. The Morgan fingerprint density at radius 3 is 2.62 bits per heavy atom. The van der Waals surface area contributed by atoms with Gasteiger partial charge in [-0.15, -0.1) is 0 Å². The number of hydrogen-bond acceptors (Lipinski definition) is 3. The number of benzene rings is 2. The first-order valence-electron chi connectivity index (χ1n) is 6.29. The van der Waals surface area contributed by atoms with E-state index in [4.69, 9.17) is 10.5 Å². The minimum absolute atomic E-state index is 0.0572. The number of carbonyl (C=O) groups excluding carboxylic acids is 1.